The molecule has 5 heteroatoms. The highest BCUT2D eigenvalue weighted by Gasteiger charge is 2.10. The largest absolute Gasteiger partial charge is 0.508 e. The van der Waals surface area contributed by atoms with Gasteiger partial charge >= 0.3 is 0 Å². The van der Waals surface area contributed by atoms with Crippen LogP contribution in [0.25, 0.3) is 12.2 Å². The summed E-state index contributed by atoms with van der Waals surface area (Å²) in [5, 5.41) is 10.5. The second-order valence-electron chi connectivity index (χ2n) is 20.6. The van der Waals surface area contributed by atoms with Crippen LogP contribution in [0, 0.1) is 35.5 Å². The Kier molecular flexibility index (Phi) is 30.2. The van der Waals surface area contributed by atoms with Gasteiger partial charge in [0.05, 0.1) is 7.11 Å². The first-order chi connectivity index (χ1) is 31.1. The second kappa shape index (κ2) is 34.3. The predicted octanol–water partition coefficient (Wildman–Crippen LogP) is 18.0. The number of hydrogen-bond acceptors (Lipinski definition) is 5. The van der Waals surface area contributed by atoms with Gasteiger partial charge in [0.2, 0.25) is 0 Å². The minimum absolute atomic E-state index is 0.134. The number of methoxy groups -OCH3 is 1. The van der Waals surface area contributed by atoms with E-state index in [1.165, 1.54) is 132 Å². The molecule has 0 bridgehead atoms. The molecule has 0 amide bonds. The van der Waals surface area contributed by atoms with E-state index >= 15 is 0 Å². The number of carbonyl (C=O) groups is 1. The number of ketones is 1. The Morgan fingerprint density at radius 1 is 0.538 bits per heavy atom. The van der Waals surface area contributed by atoms with E-state index in [2.05, 4.69) is 81.4 Å². The monoisotopic (exact) mass is 895 g/mol. The molecule has 4 atom stereocenters. The normalized spacial score (nSPS) is 14.7. The summed E-state index contributed by atoms with van der Waals surface area (Å²) in [6.07, 6.45) is 35.5. The Hall–Kier alpha value is -3.99. The van der Waals surface area contributed by atoms with E-state index < -0.39 is 0 Å². The molecule has 2 aromatic carbocycles. The third kappa shape index (κ3) is 29.3. The molecule has 0 aliphatic heterocycles. The lowest BCUT2D eigenvalue weighted by Gasteiger charge is -2.15. The molecule has 0 radical (unpaired) electrons. The first-order valence-electron chi connectivity index (χ1n) is 25.8. The van der Waals surface area contributed by atoms with Crippen LogP contribution in [0.15, 0.2) is 89.8 Å². The van der Waals surface area contributed by atoms with Crippen molar-refractivity contribution in [3.05, 3.63) is 101 Å². The Labute approximate surface area is 399 Å². The minimum atomic E-state index is -0.309. The number of rotatable bonds is 36. The summed E-state index contributed by atoms with van der Waals surface area (Å²) in [7, 11) is 1.62. The molecule has 0 aliphatic rings. The molecule has 0 heterocycles. The average Bonchev–Trinajstić information content (AvgIpc) is 3.25. The molecule has 0 saturated carbocycles. The minimum Gasteiger partial charge on any atom is -0.508 e. The van der Waals surface area contributed by atoms with Crippen molar-refractivity contribution in [2.75, 3.05) is 20.3 Å². The van der Waals surface area contributed by atoms with Crippen molar-refractivity contribution < 1.29 is 24.1 Å². The molecule has 2 aromatic rings. The number of benzene rings is 2. The van der Waals surface area contributed by atoms with Gasteiger partial charge in [0.25, 0.3) is 0 Å². The topological polar surface area (TPSA) is 65.0 Å². The van der Waals surface area contributed by atoms with Crippen molar-refractivity contribution in [1.82, 2.24) is 0 Å². The number of aliphatic hydroxyl groups excluding tert-OH is 1. The first-order valence-corrected chi connectivity index (χ1v) is 25.8. The van der Waals surface area contributed by atoms with Crippen molar-refractivity contribution in [2.24, 2.45) is 35.5 Å². The number of aliphatic hydroxyl groups is 1. The van der Waals surface area contributed by atoms with E-state index in [9.17, 15) is 9.90 Å². The fourth-order valence-electron chi connectivity index (χ4n) is 8.36. The van der Waals surface area contributed by atoms with E-state index in [1.807, 2.05) is 42.5 Å². The third-order valence-corrected chi connectivity index (χ3v) is 12.9. The Morgan fingerprint density at radius 2 is 0.969 bits per heavy atom. The summed E-state index contributed by atoms with van der Waals surface area (Å²) in [6.45, 7) is 24.4. The summed E-state index contributed by atoms with van der Waals surface area (Å²) in [6, 6.07) is 13.3. The maximum atomic E-state index is 12.6. The predicted molar refractivity (Wildman–Crippen MR) is 281 cm³/mol. The SMILES string of the molecule is COc1cc(/C=C/C(O)=C/C(=O)/C=C/c2ccc(OC/C=C(\C)CCCC(C)CCCC(C)CCCC(C)C)cc2)ccc1OC/C=C(\C)CCCC(C)CCCC(C)CCCC(C)C. The highest BCUT2D eigenvalue weighted by atomic mass is 16.5. The van der Waals surface area contributed by atoms with Gasteiger partial charge in [-0.3, -0.25) is 4.79 Å². The van der Waals surface area contributed by atoms with Gasteiger partial charge in [-0.15, -0.1) is 0 Å². The van der Waals surface area contributed by atoms with Gasteiger partial charge in [-0.05, 0) is 135 Å². The summed E-state index contributed by atoms with van der Waals surface area (Å²) < 4.78 is 17.6. The van der Waals surface area contributed by atoms with Gasteiger partial charge in [0, 0.05) is 6.08 Å². The van der Waals surface area contributed by atoms with Crippen LogP contribution in [0.5, 0.6) is 17.2 Å². The van der Waals surface area contributed by atoms with Gasteiger partial charge in [-0.1, -0.05) is 187 Å². The Bertz CT molecular complexity index is 1720. The fourth-order valence-corrected chi connectivity index (χ4v) is 8.36. The van der Waals surface area contributed by atoms with Crippen LogP contribution in [0.4, 0.5) is 0 Å². The molecule has 0 aliphatic carbocycles. The molecule has 2 rings (SSSR count). The Morgan fingerprint density at radius 3 is 1.45 bits per heavy atom. The number of allylic oxidation sites excluding steroid dienone is 5. The van der Waals surface area contributed by atoms with Crippen LogP contribution in [0.1, 0.15) is 196 Å². The van der Waals surface area contributed by atoms with Crippen LogP contribution in [0.2, 0.25) is 0 Å². The van der Waals surface area contributed by atoms with Crippen molar-refractivity contribution in [2.45, 2.75) is 185 Å². The second-order valence-corrected chi connectivity index (χ2v) is 20.6. The third-order valence-electron chi connectivity index (χ3n) is 12.9. The molecule has 0 aromatic heterocycles. The lowest BCUT2D eigenvalue weighted by atomic mass is 9.91. The molecule has 0 spiro atoms. The molecule has 0 fully saturated rings. The molecule has 65 heavy (non-hydrogen) atoms. The number of ether oxygens (including phenoxy) is 3. The van der Waals surface area contributed by atoms with Crippen LogP contribution < -0.4 is 14.2 Å². The lowest BCUT2D eigenvalue weighted by Crippen LogP contribution is -2.00. The number of hydrogen-bond donors (Lipinski definition) is 1. The summed E-state index contributed by atoms with van der Waals surface area (Å²) in [4.78, 5) is 12.6. The van der Waals surface area contributed by atoms with E-state index in [-0.39, 0.29) is 11.5 Å². The molecule has 1 N–H and O–H groups in total. The first kappa shape index (κ1) is 57.1. The molecule has 0 saturated heterocycles. The molecule has 4 unspecified atom stereocenters. The summed E-state index contributed by atoms with van der Waals surface area (Å²) in [5.41, 5.74) is 4.41. The van der Waals surface area contributed by atoms with E-state index in [1.54, 1.807) is 19.3 Å². The van der Waals surface area contributed by atoms with Gasteiger partial charge in [0.1, 0.15) is 24.7 Å². The fraction of sp³-hybridized carbons (Fsp3) is 0.617. The van der Waals surface area contributed by atoms with Crippen LogP contribution >= 0.6 is 0 Å². The van der Waals surface area contributed by atoms with Crippen molar-refractivity contribution in [1.29, 1.82) is 0 Å². The highest BCUT2D eigenvalue weighted by Crippen LogP contribution is 2.29. The summed E-state index contributed by atoms with van der Waals surface area (Å²) >= 11 is 0. The molecular formula is C60H94O5. The van der Waals surface area contributed by atoms with Gasteiger partial charge in [-0.2, -0.15) is 0 Å². The van der Waals surface area contributed by atoms with Gasteiger partial charge < -0.3 is 19.3 Å². The van der Waals surface area contributed by atoms with Gasteiger partial charge in [0.15, 0.2) is 17.3 Å². The zero-order valence-corrected chi connectivity index (χ0v) is 43.3. The number of carbonyl (C=O) groups excluding carboxylic acids is 1. The van der Waals surface area contributed by atoms with Crippen LogP contribution in [-0.2, 0) is 4.79 Å². The van der Waals surface area contributed by atoms with E-state index in [0.29, 0.717) is 24.7 Å². The van der Waals surface area contributed by atoms with Gasteiger partial charge in [-0.25, -0.2) is 0 Å². The molecule has 5 nitrogen and oxygen atoms in total. The molecule has 364 valence electrons. The van der Waals surface area contributed by atoms with E-state index in [4.69, 9.17) is 14.2 Å². The lowest BCUT2D eigenvalue weighted by molar-refractivity contribution is -0.110. The average molecular weight is 895 g/mol. The van der Waals surface area contributed by atoms with Crippen molar-refractivity contribution >= 4 is 17.9 Å². The standard InChI is InChI=1S/C60H94O5/c1-46(2)18-12-20-48(5)22-14-24-50(7)26-16-28-52(9)40-42-64-58-37-32-54(33-38-58)30-35-56(61)45-57(62)36-31-55-34-39-59(60(44-55)63-11)65-43-41-53(10)29-17-27-51(8)25-15-23-49(6)21-13-19-47(3)4/h30-41,44-51,62H,12-29,42-43H2,1-11H3/b35-30+,36-31+,52-40+,53-41+,57-45-. The summed E-state index contributed by atoms with van der Waals surface area (Å²) in [5.74, 6) is 6.55. The van der Waals surface area contributed by atoms with Crippen molar-refractivity contribution in [3.8, 4) is 17.2 Å². The van der Waals surface area contributed by atoms with E-state index in [0.717, 1.165) is 65.2 Å². The van der Waals surface area contributed by atoms with Crippen molar-refractivity contribution in [3.63, 3.8) is 0 Å². The molecular weight excluding hydrogens is 801 g/mol. The zero-order valence-electron chi connectivity index (χ0n) is 43.3. The highest BCUT2D eigenvalue weighted by molar-refractivity contribution is 6.02. The maximum Gasteiger partial charge on any atom is 0.182 e. The zero-order chi connectivity index (χ0) is 47.8. The maximum absolute atomic E-state index is 12.6. The smallest absolute Gasteiger partial charge is 0.182 e. The van der Waals surface area contributed by atoms with Crippen LogP contribution in [-0.4, -0.2) is 31.2 Å². The Balaban J connectivity index is 1.69. The van der Waals surface area contributed by atoms with Crippen LogP contribution in [0.3, 0.4) is 0 Å². The quantitative estimate of drug-likeness (QED) is 0.0319.